The number of aryl methyl sites for hydroxylation is 1. The number of nitrogens with zero attached hydrogens (tertiary/aromatic N) is 2. The Kier molecular flexibility index (Phi) is 3.42. The molecule has 4 nitrogen and oxygen atoms in total. The van der Waals surface area contributed by atoms with E-state index in [2.05, 4.69) is 28.2 Å². The minimum Gasteiger partial charge on any atom is -0.493 e. The normalized spacial score (nSPS) is 14.8. The molecule has 0 radical (unpaired) electrons. The summed E-state index contributed by atoms with van der Waals surface area (Å²) in [5.41, 5.74) is 8.71. The molecule has 4 heteroatoms. The molecule has 0 saturated heterocycles. The molecule has 1 aromatic carbocycles. The van der Waals surface area contributed by atoms with Crippen molar-refractivity contribution in [2.45, 2.75) is 25.3 Å². The van der Waals surface area contributed by atoms with Gasteiger partial charge in [0.2, 0.25) is 0 Å². The van der Waals surface area contributed by atoms with Crippen LogP contribution in [0.5, 0.6) is 5.75 Å². The van der Waals surface area contributed by atoms with Crippen LogP contribution in [0.15, 0.2) is 36.7 Å². The van der Waals surface area contributed by atoms with Gasteiger partial charge in [0.05, 0.1) is 12.6 Å². The van der Waals surface area contributed by atoms with Gasteiger partial charge in [-0.05, 0) is 36.1 Å². The maximum Gasteiger partial charge on any atom is 0.144 e. The lowest BCUT2D eigenvalue weighted by atomic mass is 10.0. The molecule has 0 spiro atoms. The van der Waals surface area contributed by atoms with Gasteiger partial charge in [-0.1, -0.05) is 12.1 Å². The van der Waals surface area contributed by atoms with Crippen LogP contribution in [-0.4, -0.2) is 16.6 Å². The summed E-state index contributed by atoms with van der Waals surface area (Å²) in [6, 6.07) is 8.09. The molecule has 1 aromatic heterocycles. The third-order valence-electron chi connectivity index (χ3n) is 3.42. The Morgan fingerprint density at radius 2 is 2.11 bits per heavy atom. The first-order chi connectivity index (χ1) is 9.33. The largest absolute Gasteiger partial charge is 0.493 e. The van der Waals surface area contributed by atoms with Gasteiger partial charge in [-0.3, -0.25) is 0 Å². The Morgan fingerprint density at radius 3 is 2.95 bits per heavy atom. The monoisotopic (exact) mass is 255 g/mol. The lowest BCUT2D eigenvalue weighted by Crippen LogP contribution is -2.14. The molecule has 1 aliphatic rings. The molecule has 3 rings (SSSR count). The van der Waals surface area contributed by atoms with Gasteiger partial charge in [0, 0.05) is 18.8 Å². The van der Waals surface area contributed by atoms with Gasteiger partial charge in [0.15, 0.2) is 0 Å². The van der Waals surface area contributed by atoms with Crippen molar-refractivity contribution in [3.63, 3.8) is 0 Å². The number of benzene rings is 1. The molecule has 2 aromatic rings. The second-order valence-electron chi connectivity index (χ2n) is 4.79. The molecule has 98 valence electrons. The summed E-state index contributed by atoms with van der Waals surface area (Å²) in [7, 11) is 0. The van der Waals surface area contributed by atoms with E-state index in [-0.39, 0.29) is 6.04 Å². The van der Waals surface area contributed by atoms with Crippen LogP contribution in [0.4, 0.5) is 0 Å². The van der Waals surface area contributed by atoms with Crippen LogP contribution in [0.3, 0.4) is 0 Å². The van der Waals surface area contributed by atoms with Gasteiger partial charge in [-0.25, -0.2) is 9.97 Å². The fraction of sp³-hybridized carbons (Fsp3) is 0.333. The highest BCUT2D eigenvalue weighted by Crippen LogP contribution is 2.26. The molecular formula is C15H17N3O. The van der Waals surface area contributed by atoms with Crippen molar-refractivity contribution in [3.05, 3.63) is 53.6 Å². The first-order valence-corrected chi connectivity index (χ1v) is 6.60. The van der Waals surface area contributed by atoms with Crippen LogP contribution in [0, 0.1) is 0 Å². The van der Waals surface area contributed by atoms with Crippen LogP contribution in [0.1, 0.15) is 29.4 Å². The summed E-state index contributed by atoms with van der Waals surface area (Å²) in [6.45, 7) is 0.802. The molecule has 2 N–H and O–H groups in total. The van der Waals surface area contributed by atoms with Gasteiger partial charge in [0.1, 0.15) is 11.6 Å². The quantitative estimate of drug-likeness (QED) is 0.908. The van der Waals surface area contributed by atoms with Crippen LogP contribution in [0.25, 0.3) is 0 Å². The Bertz CT molecular complexity index is 557. The third kappa shape index (κ3) is 2.74. The Morgan fingerprint density at radius 1 is 1.26 bits per heavy atom. The summed E-state index contributed by atoms with van der Waals surface area (Å²) in [5, 5.41) is 0. The van der Waals surface area contributed by atoms with E-state index in [4.69, 9.17) is 10.5 Å². The SMILES string of the molecule is NC(CCc1ccc2c(c1)CCO2)c1ncccn1. The van der Waals surface area contributed by atoms with Crippen molar-refractivity contribution >= 4 is 0 Å². The molecule has 0 amide bonds. The number of aromatic nitrogens is 2. The molecule has 2 heterocycles. The Labute approximate surface area is 112 Å². The standard InChI is InChI=1S/C15H17N3O/c16-13(15-17-7-1-8-18-15)4-2-11-3-5-14-12(10-11)6-9-19-14/h1,3,5,7-8,10,13H,2,4,6,9,16H2. The average Bonchev–Trinajstić information content (AvgIpc) is 2.93. The second-order valence-corrected chi connectivity index (χ2v) is 4.79. The summed E-state index contributed by atoms with van der Waals surface area (Å²) in [4.78, 5) is 8.39. The summed E-state index contributed by atoms with van der Waals surface area (Å²) in [5.74, 6) is 1.74. The molecule has 0 bridgehead atoms. The van der Waals surface area contributed by atoms with E-state index < -0.39 is 0 Å². The van der Waals surface area contributed by atoms with Crippen LogP contribution >= 0.6 is 0 Å². The van der Waals surface area contributed by atoms with E-state index in [0.29, 0.717) is 5.82 Å². The molecule has 1 aliphatic heterocycles. The molecule has 19 heavy (non-hydrogen) atoms. The number of hydrogen-bond donors (Lipinski definition) is 1. The number of fused-ring (bicyclic) bond motifs is 1. The number of rotatable bonds is 4. The second kappa shape index (κ2) is 5.36. The van der Waals surface area contributed by atoms with E-state index in [9.17, 15) is 0 Å². The number of ether oxygens (including phenoxy) is 1. The van der Waals surface area contributed by atoms with Crippen molar-refractivity contribution < 1.29 is 4.74 Å². The Hall–Kier alpha value is -1.94. The minimum absolute atomic E-state index is 0.106. The first-order valence-electron chi connectivity index (χ1n) is 6.60. The summed E-state index contributed by atoms with van der Waals surface area (Å²) >= 11 is 0. The smallest absolute Gasteiger partial charge is 0.144 e. The number of nitrogens with two attached hydrogens (primary N) is 1. The molecular weight excluding hydrogens is 238 g/mol. The maximum atomic E-state index is 6.11. The average molecular weight is 255 g/mol. The lowest BCUT2D eigenvalue weighted by Gasteiger charge is -2.10. The fourth-order valence-electron chi connectivity index (χ4n) is 2.35. The van der Waals surface area contributed by atoms with Gasteiger partial charge < -0.3 is 10.5 Å². The van der Waals surface area contributed by atoms with Crippen molar-refractivity contribution in [1.82, 2.24) is 9.97 Å². The van der Waals surface area contributed by atoms with Gasteiger partial charge in [0.25, 0.3) is 0 Å². The highest BCUT2D eigenvalue weighted by molar-refractivity contribution is 5.39. The van der Waals surface area contributed by atoms with Gasteiger partial charge in [-0.2, -0.15) is 0 Å². The molecule has 1 unspecified atom stereocenters. The van der Waals surface area contributed by atoms with Crippen LogP contribution in [-0.2, 0) is 12.8 Å². The van der Waals surface area contributed by atoms with E-state index in [1.165, 1.54) is 11.1 Å². The van der Waals surface area contributed by atoms with E-state index in [0.717, 1.165) is 31.6 Å². The topological polar surface area (TPSA) is 61.0 Å². The van der Waals surface area contributed by atoms with Crippen molar-refractivity contribution in [2.75, 3.05) is 6.61 Å². The van der Waals surface area contributed by atoms with Gasteiger partial charge in [-0.15, -0.1) is 0 Å². The van der Waals surface area contributed by atoms with Crippen LogP contribution < -0.4 is 10.5 Å². The van der Waals surface area contributed by atoms with E-state index in [1.54, 1.807) is 18.5 Å². The molecule has 1 atom stereocenters. The summed E-state index contributed by atoms with van der Waals surface area (Å²) < 4.78 is 5.50. The predicted molar refractivity (Wildman–Crippen MR) is 72.9 cm³/mol. The van der Waals surface area contributed by atoms with Crippen LogP contribution in [0.2, 0.25) is 0 Å². The number of hydrogen-bond acceptors (Lipinski definition) is 4. The van der Waals surface area contributed by atoms with Gasteiger partial charge >= 0.3 is 0 Å². The summed E-state index contributed by atoms with van der Waals surface area (Å²) in [6.07, 6.45) is 6.26. The molecule has 0 fully saturated rings. The van der Waals surface area contributed by atoms with Crippen molar-refractivity contribution in [2.24, 2.45) is 5.73 Å². The molecule has 0 saturated carbocycles. The first kappa shape index (κ1) is 12.1. The Balaban J connectivity index is 1.63. The van der Waals surface area contributed by atoms with E-state index in [1.807, 2.05) is 0 Å². The zero-order valence-electron chi connectivity index (χ0n) is 10.7. The van der Waals surface area contributed by atoms with Crippen molar-refractivity contribution in [3.8, 4) is 5.75 Å². The fourth-order valence-corrected chi connectivity index (χ4v) is 2.35. The third-order valence-corrected chi connectivity index (χ3v) is 3.42. The maximum absolute atomic E-state index is 6.11. The molecule has 0 aliphatic carbocycles. The van der Waals surface area contributed by atoms with E-state index >= 15 is 0 Å². The highest BCUT2D eigenvalue weighted by atomic mass is 16.5. The predicted octanol–water partition coefficient (Wildman–Crippen LogP) is 2.04. The lowest BCUT2D eigenvalue weighted by molar-refractivity contribution is 0.357. The zero-order chi connectivity index (χ0) is 13.1. The zero-order valence-corrected chi connectivity index (χ0v) is 10.7. The van der Waals surface area contributed by atoms with Crippen molar-refractivity contribution in [1.29, 1.82) is 0 Å². The minimum atomic E-state index is -0.106. The highest BCUT2D eigenvalue weighted by Gasteiger charge is 2.13.